The molecule has 2 amide bonds. The summed E-state index contributed by atoms with van der Waals surface area (Å²) in [7, 11) is 1.70. The van der Waals surface area contributed by atoms with Gasteiger partial charge in [-0.25, -0.2) is 18.4 Å². The third kappa shape index (κ3) is 14.6. The molecule has 2 aromatic carbocycles. The molecule has 7 rings (SSSR count). The van der Waals surface area contributed by atoms with Crippen LogP contribution in [0.1, 0.15) is 109 Å². The second kappa shape index (κ2) is 23.1. The van der Waals surface area contributed by atoms with Gasteiger partial charge in [0.25, 0.3) is 5.92 Å². The van der Waals surface area contributed by atoms with Crippen molar-refractivity contribution in [3.05, 3.63) is 88.8 Å². The normalized spacial score (nSPS) is 19.3. The molecule has 3 unspecified atom stereocenters. The standard InChI is InChI=1S/C24H39F2N5O.C12H12N2OS.C8H10O.C2H6/c1-17-6-5-11-30(17)22(32)21(23(2,3)4)31-16-20(27-28-31)8-7-18-9-12-29(13-10-18)15-19-14-24(19,25)26;1-9-12(16-8-14-9)11-4-2-10(3-5-11)6-13-7-15;1-9-7-8-5-3-2-4-6-8;1-2/h16-19,21H,5-15H2,1-4H3;2-5,7-8H,6H2,1H3,(H,13,15);2-6H,7H2,1H3;1-2H3. The van der Waals surface area contributed by atoms with E-state index in [-0.39, 0.29) is 29.8 Å². The quantitative estimate of drug-likeness (QED) is 0.134. The monoisotopic (exact) mass is 835 g/mol. The fourth-order valence-corrected chi connectivity index (χ4v) is 8.51. The first kappa shape index (κ1) is 47.6. The van der Waals surface area contributed by atoms with Crippen molar-refractivity contribution in [2.75, 3.05) is 33.3 Å². The molecule has 10 nitrogen and oxygen atoms in total. The molecule has 1 saturated carbocycles. The molecule has 1 aliphatic carbocycles. The SMILES string of the molecule is CC.CC1CCCN1C(=O)C(n1cc(CCC2CCN(CC3CC3(F)F)CC2)nn1)C(C)(C)C.COCc1ccccc1.Cc1ncsc1-c1ccc(CNC=O)cc1. The van der Waals surface area contributed by atoms with Gasteiger partial charge in [-0.3, -0.25) is 9.59 Å². The van der Waals surface area contributed by atoms with Gasteiger partial charge in [0.05, 0.1) is 28.4 Å². The van der Waals surface area contributed by atoms with Crippen molar-refractivity contribution in [2.24, 2.45) is 17.3 Å². The van der Waals surface area contributed by atoms with Crippen LogP contribution in [0.15, 0.2) is 66.3 Å². The number of carbonyl (C=O) groups excluding carboxylic acids is 2. The van der Waals surface area contributed by atoms with E-state index in [0.717, 1.165) is 75.1 Å². The number of ether oxygens (including phenoxy) is 1. The van der Waals surface area contributed by atoms with Crippen LogP contribution in [0.2, 0.25) is 0 Å². The number of likely N-dealkylation sites (tertiary alicyclic amines) is 2. The molecule has 2 saturated heterocycles. The average molecular weight is 836 g/mol. The molecule has 0 bridgehead atoms. The van der Waals surface area contributed by atoms with Crippen LogP contribution >= 0.6 is 11.3 Å². The van der Waals surface area contributed by atoms with E-state index >= 15 is 0 Å². The molecule has 324 valence electrons. The molecular weight excluding hydrogens is 769 g/mol. The van der Waals surface area contributed by atoms with Crippen molar-refractivity contribution in [1.29, 1.82) is 0 Å². The number of rotatable bonds is 13. The zero-order valence-electron chi connectivity index (χ0n) is 36.5. The molecule has 0 radical (unpaired) electrons. The number of aryl methyl sites for hydroxylation is 2. The summed E-state index contributed by atoms with van der Waals surface area (Å²) in [4.78, 5) is 33.2. The minimum atomic E-state index is -2.41. The molecule has 2 aromatic heterocycles. The maximum atomic E-state index is 13.4. The number of hydrogen-bond donors (Lipinski definition) is 1. The molecule has 3 fully saturated rings. The van der Waals surface area contributed by atoms with E-state index < -0.39 is 11.8 Å². The number of nitrogens with zero attached hydrogens (tertiary/aromatic N) is 6. The Morgan fingerprint density at radius 1 is 1.03 bits per heavy atom. The minimum absolute atomic E-state index is 0.0668. The number of halogens is 2. The topological polar surface area (TPSA) is 105 Å². The third-order valence-corrected chi connectivity index (χ3v) is 12.1. The van der Waals surface area contributed by atoms with Crippen molar-refractivity contribution in [3.8, 4) is 10.4 Å². The molecule has 2 aliphatic heterocycles. The first-order chi connectivity index (χ1) is 28.3. The fraction of sp³-hybridized carbons (Fsp3) is 0.587. The lowest BCUT2D eigenvalue weighted by Crippen LogP contribution is -2.44. The number of amides is 2. The fourth-order valence-electron chi connectivity index (χ4n) is 7.69. The number of methoxy groups -OCH3 is 1. The van der Waals surface area contributed by atoms with Gasteiger partial charge in [0, 0.05) is 51.3 Å². The third-order valence-electron chi connectivity index (χ3n) is 11.2. The zero-order valence-corrected chi connectivity index (χ0v) is 37.3. The van der Waals surface area contributed by atoms with E-state index in [2.05, 4.69) is 65.3 Å². The minimum Gasteiger partial charge on any atom is -0.380 e. The van der Waals surface area contributed by atoms with Crippen molar-refractivity contribution >= 4 is 23.7 Å². The number of nitrogens with one attached hydrogen (secondary N) is 1. The number of aromatic nitrogens is 4. The van der Waals surface area contributed by atoms with Crippen molar-refractivity contribution in [2.45, 2.75) is 125 Å². The predicted molar refractivity (Wildman–Crippen MR) is 233 cm³/mol. The summed E-state index contributed by atoms with van der Waals surface area (Å²) in [5.74, 6) is -2.09. The first-order valence-electron chi connectivity index (χ1n) is 21.3. The lowest BCUT2D eigenvalue weighted by atomic mass is 9.85. The second-order valence-corrected chi connectivity index (χ2v) is 17.7. The van der Waals surface area contributed by atoms with Crippen molar-refractivity contribution in [1.82, 2.24) is 35.1 Å². The summed E-state index contributed by atoms with van der Waals surface area (Å²) in [5.41, 5.74) is 7.08. The molecule has 59 heavy (non-hydrogen) atoms. The average Bonchev–Trinajstić information content (AvgIpc) is 3.71. The highest BCUT2D eigenvalue weighted by atomic mass is 32.1. The largest absolute Gasteiger partial charge is 0.380 e. The Morgan fingerprint density at radius 3 is 2.25 bits per heavy atom. The molecule has 4 aromatic rings. The van der Waals surface area contributed by atoms with Crippen LogP contribution < -0.4 is 5.32 Å². The summed E-state index contributed by atoms with van der Waals surface area (Å²) in [6.45, 7) is 18.9. The van der Waals surface area contributed by atoms with Crippen LogP contribution in [0.4, 0.5) is 8.78 Å². The Balaban J connectivity index is 0.000000234. The lowest BCUT2D eigenvalue weighted by Gasteiger charge is -2.34. The summed E-state index contributed by atoms with van der Waals surface area (Å²) in [5, 5.41) is 11.4. The number of alkyl halides is 2. The Labute approximate surface area is 355 Å². The van der Waals surface area contributed by atoms with Crippen LogP contribution in [-0.4, -0.2) is 87.3 Å². The lowest BCUT2D eigenvalue weighted by molar-refractivity contribution is -0.139. The smallest absolute Gasteiger partial charge is 0.252 e. The Kier molecular flexibility index (Phi) is 18.6. The van der Waals surface area contributed by atoms with Crippen molar-refractivity contribution in [3.63, 3.8) is 0 Å². The van der Waals surface area contributed by atoms with Gasteiger partial charge in [0.1, 0.15) is 6.04 Å². The Hall–Kier alpha value is -4.07. The van der Waals surface area contributed by atoms with Gasteiger partial charge >= 0.3 is 0 Å². The van der Waals surface area contributed by atoms with Crippen LogP contribution in [0.3, 0.4) is 0 Å². The van der Waals surface area contributed by atoms with Gasteiger partial charge in [-0.1, -0.05) is 94.4 Å². The van der Waals surface area contributed by atoms with E-state index in [9.17, 15) is 18.4 Å². The number of piperidine rings is 1. The Morgan fingerprint density at radius 2 is 1.71 bits per heavy atom. The van der Waals surface area contributed by atoms with Gasteiger partial charge in [-0.15, -0.1) is 16.4 Å². The number of thiazole rings is 1. The van der Waals surface area contributed by atoms with Crippen LogP contribution in [0.25, 0.3) is 10.4 Å². The van der Waals surface area contributed by atoms with Crippen LogP contribution in [0, 0.1) is 24.2 Å². The van der Waals surface area contributed by atoms with Gasteiger partial charge in [-0.05, 0) is 93.5 Å². The predicted octanol–water partition coefficient (Wildman–Crippen LogP) is 9.40. The van der Waals surface area contributed by atoms with Gasteiger partial charge in [0.15, 0.2) is 0 Å². The first-order valence-corrected chi connectivity index (χ1v) is 22.2. The molecule has 0 spiro atoms. The van der Waals surface area contributed by atoms with Gasteiger partial charge in [-0.2, -0.15) is 0 Å². The van der Waals surface area contributed by atoms with Crippen molar-refractivity contribution < 1.29 is 23.1 Å². The van der Waals surface area contributed by atoms with Gasteiger partial charge in [0.2, 0.25) is 12.3 Å². The van der Waals surface area contributed by atoms with Crippen LogP contribution in [-0.2, 0) is 33.9 Å². The maximum Gasteiger partial charge on any atom is 0.252 e. The summed E-state index contributed by atoms with van der Waals surface area (Å²) in [6, 6.07) is 18.2. The zero-order chi connectivity index (χ0) is 43.0. The highest BCUT2D eigenvalue weighted by molar-refractivity contribution is 7.13. The number of hydrogen-bond acceptors (Lipinski definition) is 8. The van der Waals surface area contributed by atoms with E-state index in [1.165, 1.54) is 16.0 Å². The van der Waals surface area contributed by atoms with E-state index in [1.54, 1.807) is 23.1 Å². The molecule has 13 heteroatoms. The van der Waals surface area contributed by atoms with E-state index in [4.69, 9.17) is 4.74 Å². The summed E-state index contributed by atoms with van der Waals surface area (Å²) < 4.78 is 33.0. The number of benzene rings is 2. The molecular formula is C46H67F2N7O3S. The van der Waals surface area contributed by atoms with E-state index in [0.29, 0.717) is 32.0 Å². The van der Waals surface area contributed by atoms with Gasteiger partial charge < -0.3 is 19.9 Å². The molecule has 3 atom stereocenters. The number of carbonyl (C=O) groups is 2. The molecule has 4 heterocycles. The summed E-state index contributed by atoms with van der Waals surface area (Å²) >= 11 is 1.64. The maximum absolute atomic E-state index is 13.4. The van der Waals surface area contributed by atoms with Crippen LogP contribution in [0.5, 0.6) is 0 Å². The Bertz CT molecular complexity index is 1820. The molecule has 1 N–H and O–H groups in total. The molecule has 3 aliphatic rings. The highest BCUT2D eigenvalue weighted by Crippen LogP contribution is 2.49. The van der Waals surface area contributed by atoms with E-state index in [1.807, 2.05) is 79.8 Å². The second-order valence-electron chi connectivity index (χ2n) is 16.8. The highest BCUT2D eigenvalue weighted by Gasteiger charge is 2.57. The summed E-state index contributed by atoms with van der Waals surface area (Å²) in [6.07, 6.45) is 8.85.